The normalized spacial score (nSPS) is 11.9. The van der Waals surface area contributed by atoms with Crippen molar-refractivity contribution in [2.45, 2.75) is 38.4 Å². The monoisotopic (exact) mass is 489 g/mol. The summed E-state index contributed by atoms with van der Waals surface area (Å²) in [5.41, 5.74) is 4.03. The number of halogens is 1. The predicted octanol–water partition coefficient (Wildman–Crippen LogP) is 7.02. The van der Waals surface area contributed by atoms with Gasteiger partial charge in [0.2, 0.25) is 0 Å². The summed E-state index contributed by atoms with van der Waals surface area (Å²) in [5, 5.41) is 10.8. The van der Waals surface area contributed by atoms with Crippen LogP contribution in [0.2, 0.25) is 5.02 Å². The number of aromatic nitrogens is 1. The number of hydrogen-bond donors (Lipinski definition) is 1. The fourth-order valence-electron chi connectivity index (χ4n) is 3.90. The highest BCUT2D eigenvalue weighted by Crippen LogP contribution is 2.27. The number of rotatable bonds is 12. The van der Waals surface area contributed by atoms with Crippen molar-refractivity contribution in [1.29, 1.82) is 0 Å². The maximum absolute atomic E-state index is 10.9. The first-order chi connectivity index (χ1) is 17.1. The van der Waals surface area contributed by atoms with Gasteiger partial charge in [-0.15, -0.1) is 0 Å². The first-order valence-corrected chi connectivity index (χ1v) is 12.1. The molecule has 1 unspecified atom stereocenters. The number of aryl methyl sites for hydroxylation is 1. The van der Waals surface area contributed by atoms with Gasteiger partial charge in [-0.05, 0) is 66.8 Å². The van der Waals surface area contributed by atoms with E-state index in [4.69, 9.17) is 26.2 Å². The first-order valence-electron chi connectivity index (χ1n) is 11.7. The Kier molecular flexibility index (Phi) is 8.71. The number of carboxylic acid groups (broad SMARTS) is 1. The molecule has 4 aromatic rings. The van der Waals surface area contributed by atoms with Gasteiger partial charge in [0.25, 0.3) is 0 Å². The Balaban J connectivity index is 1.35. The molecule has 0 fully saturated rings. The number of carbonyl (C=O) groups is 1. The van der Waals surface area contributed by atoms with Crippen molar-refractivity contribution in [3.05, 3.63) is 107 Å². The summed E-state index contributed by atoms with van der Waals surface area (Å²) in [6, 6.07) is 27.7. The summed E-state index contributed by atoms with van der Waals surface area (Å²) in [6.45, 7) is 0.552. The second-order valence-electron chi connectivity index (χ2n) is 8.37. The highest BCUT2D eigenvalue weighted by atomic mass is 35.5. The summed E-state index contributed by atoms with van der Waals surface area (Å²) < 4.78 is 11.9. The third kappa shape index (κ3) is 7.54. The van der Waals surface area contributed by atoms with Gasteiger partial charge < -0.3 is 14.6 Å². The van der Waals surface area contributed by atoms with Crippen molar-refractivity contribution in [3.63, 3.8) is 0 Å². The van der Waals surface area contributed by atoms with Crippen LogP contribution in [-0.4, -0.2) is 22.7 Å². The highest BCUT2D eigenvalue weighted by Gasteiger charge is 2.14. The topological polar surface area (TPSA) is 68.7 Å². The average Bonchev–Trinajstić information content (AvgIpc) is 2.88. The molecule has 0 aliphatic heterocycles. The Morgan fingerprint density at radius 3 is 2.49 bits per heavy atom. The number of fused-ring (bicyclic) bond motifs is 1. The van der Waals surface area contributed by atoms with E-state index in [1.54, 1.807) is 0 Å². The van der Waals surface area contributed by atoms with Crippen molar-refractivity contribution in [3.8, 4) is 5.75 Å². The van der Waals surface area contributed by atoms with Crippen LogP contribution in [0.1, 0.15) is 42.2 Å². The van der Waals surface area contributed by atoms with Gasteiger partial charge in [-0.3, -0.25) is 4.79 Å². The summed E-state index contributed by atoms with van der Waals surface area (Å²) in [6.07, 6.45) is 2.39. The van der Waals surface area contributed by atoms with Gasteiger partial charge >= 0.3 is 5.97 Å². The van der Waals surface area contributed by atoms with E-state index in [1.165, 1.54) is 5.56 Å². The maximum Gasteiger partial charge on any atom is 0.305 e. The largest absolute Gasteiger partial charge is 0.487 e. The Labute approximate surface area is 210 Å². The summed E-state index contributed by atoms with van der Waals surface area (Å²) in [5.74, 6) is -0.120. The molecule has 1 N–H and O–H groups in total. The molecule has 1 atom stereocenters. The van der Waals surface area contributed by atoms with Crippen LogP contribution in [0.3, 0.4) is 0 Å². The zero-order chi connectivity index (χ0) is 24.5. The molecular weight excluding hydrogens is 462 g/mol. The van der Waals surface area contributed by atoms with E-state index in [-0.39, 0.29) is 19.1 Å². The molecular formula is C29H28ClNO4. The molecule has 0 bridgehead atoms. The van der Waals surface area contributed by atoms with E-state index in [1.807, 2.05) is 84.9 Å². The first kappa shape index (κ1) is 24.7. The molecule has 1 heterocycles. The van der Waals surface area contributed by atoms with Crippen LogP contribution in [0.5, 0.6) is 5.75 Å². The Hall–Kier alpha value is -3.41. The minimum Gasteiger partial charge on any atom is -0.487 e. The minimum absolute atomic E-state index is 0.0202. The van der Waals surface area contributed by atoms with Crippen LogP contribution in [0.25, 0.3) is 10.9 Å². The molecule has 35 heavy (non-hydrogen) atoms. The van der Waals surface area contributed by atoms with Crippen molar-refractivity contribution in [1.82, 2.24) is 4.98 Å². The molecule has 0 saturated heterocycles. The van der Waals surface area contributed by atoms with Gasteiger partial charge in [0, 0.05) is 10.4 Å². The molecule has 0 saturated carbocycles. The molecule has 0 radical (unpaired) electrons. The average molecular weight is 490 g/mol. The zero-order valence-electron chi connectivity index (χ0n) is 19.4. The van der Waals surface area contributed by atoms with E-state index in [0.717, 1.165) is 52.2 Å². The second kappa shape index (κ2) is 12.3. The molecule has 1 aromatic heterocycles. The van der Waals surface area contributed by atoms with E-state index in [2.05, 4.69) is 4.98 Å². The number of aliphatic carboxylic acids is 1. The van der Waals surface area contributed by atoms with Crippen LogP contribution < -0.4 is 4.74 Å². The number of para-hydroxylation sites is 1. The van der Waals surface area contributed by atoms with Crippen molar-refractivity contribution in [2.75, 3.05) is 6.61 Å². The maximum atomic E-state index is 10.9. The molecule has 0 amide bonds. The molecule has 180 valence electrons. The lowest BCUT2D eigenvalue weighted by atomic mass is 10.0. The lowest BCUT2D eigenvalue weighted by Gasteiger charge is -2.19. The van der Waals surface area contributed by atoms with Crippen LogP contribution >= 0.6 is 11.6 Å². The Bertz CT molecular complexity index is 1240. The number of carboxylic acids is 1. The standard InChI is InChI=1S/C29H28ClNO4/c30-24-13-8-21(9-14-24)4-3-7-28(34-19-18-29(32)33)23-11-16-26(17-12-23)35-20-25-15-10-22-5-1-2-6-27(22)31-25/h1-2,5-6,8-17,28H,3-4,7,18-20H2,(H,32,33). The second-order valence-corrected chi connectivity index (χ2v) is 8.81. The van der Waals surface area contributed by atoms with Crippen molar-refractivity contribution in [2.24, 2.45) is 0 Å². The van der Waals surface area contributed by atoms with Crippen LogP contribution in [0.4, 0.5) is 0 Å². The molecule has 0 aliphatic rings. The van der Waals surface area contributed by atoms with E-state index < -0.39 is 5.97 Å². The van der Waals surface area contributed by atoms with E-state index in [0.29, 0.717) is 6.61 Å². The lowest BCUT2D eigenvalue weighted by molar-refractivity contribution is -0.138. The summed E-state index contributed by atoms with van der Waals surface area (Å²) in [7, 11) is 0. The number of ether oxygens (including phenoxy) is 2. The molecule has 5 nitrogen and oxygen atoms in total. The SMILES string of the molecule is O=C(O)CCOC(CCCc1ccc(Cl)cc1)c1ccc(OCc2ccc3ccccc3n2)cc1. The van der Waals surface area contributed by atoms with Gasteiger partial charge in [-0.1, -0.05) is 60.1 Å². The molecule has 0 aliphatic carbocycles. The quantitative estimate of drug-likeness (QED) is 0.231. The van der Waals surface area contributed by atoms with Crippen LogP contribution in [0, 0.1) is 0 Å². The van der Waals surface area contributed by atoms with E-state index in [9.17, 15) is 4.79 Å². The fourth-order valence-corrected chi connectivity index (χ4v) is 4.03. The molecule has 4 rings (SSSR count). The Morgan fingerprint density at radius 1 is 0.943 bits per heavy atom. The van der Waals surface area contributed by atoms with E-state index >= 15 is 0 Å². The summed E-state index contributed by atoms with van der Waals surface area (Å²) in [4.78, 5) is 15.6. The summed E-state index contributed by atoms with van der Waals surface area (Å²) >= 11 is 5.97. The molecule has 0 spiro atoms. The van der Waals surface area contributed by atoms with Gasteiger partial charge in [0.15, 0.2) is 0 Å². The highest BCUT2D eigenvalue weighted by molar-refractivity contribution is 6.30. The van der Waals surface area contributed by atoms with Gasteiger partial charge in [-0.2, -0.15) is 0 Å². The lowest BCUT2D eigenvalue weighted by Crippen LogP contribution is -2.09. The van der Waals surface area contributed by atoms with Crippen LogP contribution in [-0.2, 0) is 22.6 Å². The predicted molar refractivity (Wildman–Crippen MR) is 138 cm³/mol. The van der Waals surface area contributed by atoms with Crippen LogP contribution in [0.15, 0.2) is 84.9 Å². The Morgan fingerprint density at radius 2 is 1.71 bits per heavy atom. The fraction of sp³-hybridized carbons (Fsp3) is 0.241. The molecule has 3 aromatic carbocycles. The smallest absolute Gasteiger partial charge is 0.305 e. The number of nitrogens with zero attached hydrogens (tertiary/aromatic N) is 1. The van der Waals surface area contributed by atoms with Gasteiger partial charge in [0.05, 0.1) is 30.3 Å². The third-order valence-corrected chi connectivity index (χ3v) is 6.03. The number of benzene rings is 3. The number of hydrogen-bond acceptors (Lipinski definition) is 4. The zero-order valence-corrected chi connectivity index (χ0v) is 20.2. The third-order valence-electron chi connectivity index (χ3n) is 5.77. The molecule has 6 heteroatoms. The van der Waals surface area contributed by atoms with Gasteiger partial charge in [0.1, 0.15) is 12.4 Å². The van der Waals surface area contributed by atoms with Crippen molar-refractivity contribution < 1.29 is 19.4 Å². The van der Waals surface area contributed by atoms with Gasteiger partial charge in [-0.25, -0.2) is 4.98 Å². The number of pyridine rings is 1. The van der Waals surface area contributed by atoms with Crippen molar-refractivity contribution >= 4 is 28.5 Å². The minimum atomic E-state index is -0.865.